The molecule has 3 aromatic carbocycles. The normalized spacial score (nSPS) is 13.1. The molecule has 5 nitrogen and oxygen atoms in total. The first-order valence-electron chi connectivity index (χ1n) is 9.29. The van der Waals surface area contributed by atoms with E-state index in [4.69, 9.17) is 4.74 Å². The number of hydrogen-bond acceptors (Lipinski definition) is 3. The number of carbonyl (C=O) groups excluding carboxylic acids is 1. The fourth-order valence-electron chi connectivity index (χ4n) is 3.10. The maximum atomic E-state index is 12.8. The summed E-state index contributed by atoms with van der Waals surface area (Å²) in [4.78, 5) is 22.8. The Labute approximate surface area is 164 Å². The van der Waals surface area contributed by atoms with Crippen LogP contribution < -0.4 is 5.09 Å². The van der Waals surface area contributed by atoms with Gasteiger partial charge in [-0.25, -0.2) is 0 Å². The van der Waals surface area contributed by atoms with Gasteiger partial charge >= 0.3 is 5.97 Å². The summed E-state index contributed by atoms with van der Waals surface area (Å²) < 4.78 is 18.1. The van der Waals surface area contributed by atoms with Crippen molar-refractivity contribution in [2.24, 2.45) is 0 Å². The molecular weight excluding hydrogens is 373 g/mol. The van der Waals surface area contributed by atoms with E-state index in [0.29, 0.717) is 17.9 Å². The highest BCUT2D eigenvalue weighted by Gasteiger charge is 2.22. The van der Waals surface area contributed by atoms with Crippen LogP contribution in [-0.4, -0.2) is 17.5 Å². The number of ether oxygens (including phenoxy) is 1. The summed E-state index contributed by atoms with van der Waals surface area (Å²) in [5.41, 5.74) is 1.92. The second-order valence-corrected chi connectivity index (χ2v) is 8.61. The third-order valence-corrected chi connectivity index (χ3v) is 5.75. The molecule has 0 aliphatic carbocycles. The molecule has 2 N–H and O–H groups in total. The van der Waals surface area contributed by atoms with Crippen molar-refractivity contribution in [1.82, 2.24) is 0 Å². The van der Waals surface area contributed by atoms with Crippen LogP contribution in [0.3, 0.4) is 0 Å². The fourth-order valence-corrected chi connectivity index (χ4v) is 4.47. The minimum absolute atomic E-state index is 0.000385. The van der Waals surface area contributed by atoms with E-state index < -0.39 is 7.52 Å². The number of fused-ring (bicyclic) bond motifs is 1. The average Bonchev–Trinajstić information content (AvgIpc) is 2.68. The van der Waals surface area contributed by atoms with Crippen LogP contribution in [-0.2, 0) is 26.7 Å². The van der Waals surface area contributed by atoms with E-state index in [-0.39, 0.29) is 18.6 Å². The number of rotatable bonds is 8. The van der Waals surface area contributed by atoms with Crippen molar-refractivity contribution < 1.29 is 19.0 Å². The molecule has 1 atom stereocenters. The zero-order valence-electron chi connectivity index (χ0n) is 15.8. The topological polar surface area (TPSA) is 75.6 Å². The van der Waals surface area contributed by atoms with Crippen LogP contribution in [0.15, 0.2) is 66.7 Å². The Morgan fingerprint density at radius 2 is 1.75 bits per heavy atom. The second-order valence-electron chi connectivity index (χ2n) is 6.67. The number of anilines is 1. The number of nitrogens with one attached hydrogen (secondary N) is 1. The summed E-state index contributed by atoms with van der Waals surface area (Å²) in [6, 6.07) is 20.4. The molecule has 0 bridgehead atoms. The molecule has 28 heavy (non-hydrogen) atoms. The zero-order valence-corrected chi connectivity index (χ0v) is 16.7. The SMILES string of the molecule is CCCOC(=O)Cc1c(NP(=O)(O)Cc2ccccc2)ccc2ccccc12. The third kappa shape index (κ3) is 5.22. The molecule has 0 amide bonds. The van der Waals surface area contributed by atoms with E-state index in [0.717, 1.165) is 22.8 Å². The molecule has 0 spiro atoms. The van der Waals surface area contributed by atoms with E-state index in [2.05, 4.69) is 5.09 Å². The minimum Gasteiger partial charge on any atom is -0.465 e. The molecule has 0 saturated heterocycles. The van der Waals surface area contributed by atoms with Crippen molar-refractivity contribution >= 4 is 29.9 Å². The lowest BCUT2D eigenvalue weighted by molar-refractivity contribution is -0.142. The highest BCUT2D eigenvalue weighted by atomic mass is 31.2. The lowest BCUT2D eigenvalue weighted by atomic mass is 10.0. The van der Waals surface area contributed by atoms with Gasteiger partial charge in [-0.1, -0.05) is 67.6 Å². The molecule has 0 radical (unpaired) electrons. The van der Waals surface area contributed by atoms with Crippen LogP contribution in [0, 0.1) is 0 Å². The van der Waals surface area contributed by atoms with Gasteiger partial charge in [0.05, 0.1) is 19.2 Å². The maximum Gasteiger partial charge on any atom is 0.310 e. The molecule has 6 heteroatoms. The van der Waals surface area contributed by atoms with Crippen LogP contribution in [0.1, 0.15) is 24.5 Å². The van der Waals surface area contributed by atoms with Crippen molar-refractivity contribution in [2.75, 3.05) is 11.7 Å². The molecule has 0 saturated carbocycles. The third-order valence-electron chi connectivity index (χ3n) is 4.36. The average molecular weight is 397 g/mol. The van der Waals surface area contributed by atoms with Crippen molar-refractivity contribution in [3.8, 4) is 0 Å². The lowest BCUT2D eigenvalue weighted by Gasteiger charge is -2.19. The summed E-state index contributed by atoms with van der Waals surface area (Å²) in [6.07, 6.45) is 0.782. The largest absolute Gasteiger partial charge is 0.465 e. The highest BCUT2D eigenvalue weighted by molar-refractivity contribution is 7.58. The first kappa shape index (κ1) is 20.1. The van der Waals surface area contributed by atoms with Crippen LogP contribution in [0.5, 0.6) is 0 Å². The Bertz CT molecular complexity index is 1000. The first-order chi connectivity index (χ1) is 13.5. The monoisotopic (exact) mass is 397 g/mol. The summed E-state index contributed by atoms with van der Waals surface area (Å²) >= 11 is 0. The van der Waals surface area contributed by atoms with Gasteiger partial charge in [0.25, 0.3) is 7.52 Å². The Morgan fingerprint density at radius 3 is 2.50 bits per heavy atom. The zero-order chi connectivity index (χ0) is 20.0. The van der Waals surface area contributed by atoms with Gasteiger partial charge in [0.15, 0.2) is 0 Å². The quantitative estimate of drug-likeness (QED) is 0.407. The molecule has 3 aromatic rings. The van der Waals surface area contributed by atoms with Crippen molar-refractivity contribution in [1.29, 1.82) is 0 Å². The number of esters is 1. The predicted octanol–water partition coefficient (Wildman–Crippen LogP) is 5.13. The van der Waals surface area contributed by atoms with Crippen LogP contribution in [0.4, 0.5) is 5.69 Å². The molecule has 0 aliphatic rings. The van der Waals surface area contributed by atoms with Gasteiger partial charge < -0.3 is 14.7 Å². The van der Waals surface area contributed by atoms with Gasteiger partial charge in [-0.3, -0.25) is 9.36 Å². The molecule has 146 valence electrons. The van der Waals surface area contributed by atoms with E-state index >= 15 is 0 Å². The number of hydrogen-bond donors (Lipinski definition) is 2. The summed E-state index contributed by atoms with van der Waals surface area (Å²) in [7, 11) is -3.71. The lowest BCUT2D eigenvalue weighted by Crippen LogP contribution is -2.11. The van der Waals surface area contributed by atoms with Crippen LogP contribution in [0.2, 0.25) is 0 Å². The number of carbonyl (C=O) groups is 1. The Morgan fingerprint density at radius 1 is 1.04 bits per heavy atom. The fraction of sp³-hybridized carbons (Fsp3) is 0.227. The molecular formula is C22H24NO4P. The second kappa shape index (κ2) is 9.05. The van der Waals surface area contributed by atoms with E-state index in [1.807, 2.05) is 67.6 Å². The standard InChI is InChI=1S/C22H24NO4P/c1-2-14-27-22(24)15-20-19-11-7-6-10-18(19)12-13-21(20)23-28(25,26)16-17-8-4-3-5-9-17/h3-13H,2,14-16H2,1H3,(H2,23,25,26). The first-order valence-corrected chi connectivity index (χ1v) is 11.1. The Balaban J connectivity index is 1.92. The molecule has 1 unspecified atom stereocenters. The predicted molar refractivity (Wildman–Crippen MR) is 112 cm³/mol. The van der Waals surface area contributed by atoms with E-state index in [9.17, 15) is 14.3 Å². The highest BCUT2D eigenvalue weighted by Crippen LogP contribution is 2.46. The molecule has 3 rings (SSSR count). The van der Waals surface area contributed by atoms with Crippen molar-refractivity contribution in [2.45, 2.75) is 25.9 Å². The number of benzene rings is 3. The van der Waals surface area contributed by atoms with Gasteiger partial charge in [-0.05, 0) is 34.4 Å². The molecule has 0 aromatic heterocycles. The summed E-state index contributed by atoms with van der Waals surface area (Å²) in [6.45, 7) is 2.29. The molecule has 0 aliphatic heterocycles. The Kier molecular flexibility index (Phi) is 6.50. The van der Waals surface area contributed by atoms with Crippen LogP contribution >= 0.6 is 7.52 Å². The van der Waals surface area contributed by atoms with Gasteiger partial charge in [-0.2, -0.15) is 0 Å². The van der Waals surface area contributed by atoms with Crippen LogP contribution in [0.25, 0.3) is 10.8 Å². The maximum absolute atomic E-state index is 12.8. The van der Waals surface area contributed by atoms with Gasteiger partial charge in [0.1, 0.15) is 0 Å². The van der Waals surface area contributed by atoms with Gasteiger partial charge in [0.2, 0.25) is 0 Å². The molecule has 0 fully saturated rings. The molecule has 0 heterocycles. The van der Waals surface area contributed by atoms with E-state index in [1.165, 1.54) is 0 Å². The van der Waals surface area contributed by atoms with Gasteiger partial charge in [-0.15, -0.1) is 0 Å². The van der Waals surface area contributed by atoms with Gasteiger partial charge in [0, 0.05) is 5.69 Å². The minimum atomic E-state index is -3.71. The van der Waals surface area contributed by atoms with E-state index in [1.54, 1.807) is 6.07 Å². The van der Waals surface area contributed by atoms with Crippen molar-refractivity contribution in [3.63, 3.8) is 0 Å². The van der Waals surface area contributed by atoms with Crippen molar-refractivity contribution in [3.05, 3.63) is 77.9 Å². The smallest absolute Gasteiger partial charge is 0.310 e. The summed E-state index contributed by atoms with van der Waals surface area (Å²) in [5, 5.41) is 4.61. The Hall–Kier alpha value is -2.62. The summed E-state index contributed by atoms with van der Waals surface area (Å²) in [5.74, 6) is -0.350.